The summed E-state index contributed by atoms with van der Waals surface area (Å²) in [7, 11) is 2.13. The highest BCUT2D eigenvalue weighted by Crippen LogP contribution is 2.35. The van der Waals surface area contributed by atoms with Crippen molar-refractivity contribution in [2.24, 2.45) is 7.05 Å². The molecule has 0 atom stereocenters. The Bertz CT molecular complexity index is 1040. The summed E-state index contributed by atoms with van der Waals surface area (Å²) < 4.78 is 2.24. The number of nitrogens with zero attached hydrogens (tertiary/aromatic N) is 1. The largest absolute Gasteiger partial charge is 0.213 e. The molecule has 1 heteroatoms. The van der Waals surface area contributed by atoms with Crippen molar-refractivity contribution in [3.63, 3.8) is 0 Å². The molecule has 23 heavy (non-hydrogen) atoms. The molecule has 1 aromatic heterocycles. The minimum atomic E-state index is 1.26. The van der Waals surface area contributed by atoms with E-state index >= 15 is 0 Å². The lowest BCUT2D eigenvalue weighted by atomic mass is 9.92. The molecule has 0 saturated heterocycles. The van der Waals surface area contributed by atoms with Crippen molar-refractivity contribution in [2.45, 2.75) is 13.8 Å². The molecule has 0 amide bonds. The second kappa shape index (κ2) is 5.20. The zero-order valence-electron chi connectivity index (χ0n) is 13.8. The third-order valence-electron chi connectivity index (χ3n) is 4.66. The molecular formula is C22H20N+. The van der Waals surface area contributed by atoms with Gasteiger partial charge in [-0.25, -0.2) is 4.57 Å². The van der Waals surface area contributed by atoms with Gasteiger partial charge in [0, 0.05) is 17.0 Å². The first-order chi connectivity index (χ1) is 11.1. The molecule has 0 aliphatic heterocycles. The van der Waals surface area contributed by atoms with Gasteiger partial charge in [-0.1, -0.05) is 48.5 Å². The predicted octanol–water partition coefficient (Wildman–Crippen LogP) is 5.10. The maximum Gasteiger partial charge on any atom is 0.213 e. The van der Waals surface area contributed by atoms with E-state index in [2.05, 4.69) is 92.3 Å². The normalized spacial score (nSPS) is 11.3. The van der Waals surface area contributed by atoms with E-state index in [1.807, 2.05) is 0 Å². The van der Waals surface area contributed by atoms with Crippen LogP contribution in [0, 0.1) is 13.8 Å². The van der Waals surface area contributed by atoms with Crippen molar-refractivity contribution >= 4 is 21.5 Å². The van der Waals surface area contributed by atoms with Crippen LogP contribution >= 0.6 is 0 Å². The first kappa shape index (κ1) is 14.0. The Kier molecular flexibility index (Phi) is 3.16. The average Bonchev–Trinajstić information content (AvgIpc) is 2.55. The van der Waals surface area contributed by atoms with Gasteiger partial charge in [0.2, 0.25) is 5.69 Å². The fourth-order valence-electron chi connectivity index (χ4n) is 3.54. The van der Waals surface area contributed by atoms with Crippen LogP contribution in [0.15, 0.2) is 66.9 Å². The number of pyridine rings is 1. The molecule has 3 aromatic carbocycles. The van der Waals surface area contributed by atoms with Gasteiger partial charge < -0.3 is 0 Å². The summed E-state index contributed by atoms with van der Waals surface area (Å²) in [5.74, 6) is 0. The van der Waals surface area contributed by atoms with E-state index in [0.717, 1.165) is 0 Å². The lowest BCUT2D eigenvalue weighted by molar-refractivity contribution is -0.660. The number of fused-ring (bicyclic) bond motifs is 3. The molecule has 0 spiro atoms. The van der Waals surface area contributed by atoms with E-state index in [4.69, 9.17) is 0 Å². The summed E-state index contributed by atoms with van der Waals surface area (Å²) in [6.45, 7) is 4.34. The minimum Gasteiger partial charge on any atom is -0.201 e. The molecule has 0 aliphatic carbocycles. The Hall–Kier alpha value is -2.67. The molecule has 0 fully saturated rings. The quantitative estimate of drug-likeness (QED) is 0.340. The molecule has 0 unspecified atom stereocenters. The zero-order chi connectivity index (χ0) is 16.0. The Morgan fingerprint density at radius 1 is 0.739 bits per heavy atom. The van der Waals surface area contributed by atoms with Crippen LogP contribution in [-0.4, -0.2) is 0 Å². The lowest BCUT2D eigenvalue weighted by Gasteiger charge is -2.12. The van der Waals surface area contributed by atoms with E-state index in [0.29, 0.717) is 0 Å². The molecule has 1 heterocycles. The Morgan fingerprint density at radius 3 is 2.30 bits per heavy atom. The van der Waals surface area contributed by atoms with Crippen LogP contribution in [0.4, 0.5) is 0 Å². The van der Waals surface area contributed by atoms with Crippen LogP contribution in [0.5, 0.6) is 0 Å². The third-order valence-corrected chi connectivity index (χ3v) is 4.66. The van der Waals surface area contributed by atoms with Gasteiger partial charge in [-0.15, -0.1) is 0 Å². The highest BCUT2D eigenvalue weighted by molar-refractivity contribution is 6.14. The Balaban J connectivity index is 2.21. The molecule has 0 bridgehead atoms. The number of benzene rings is 3. The first-order valence-electron chi connectivity index (χ1n) is 8.03. The van der Waals surface area contributed by atoms with Crippen molar-refractivity contribution < 1.29 is 4.57 Å². The highest BCUT2D eigenvalue weighted by Gasteiger charge is 2.17. The first-order valence-corrected chi connectivity index (χ1v) is 8.03. The van der Waals surface area contributed by atoms with Gasteiger partial charge in [-0.3, -0.25) is 0 Å². The van der Waals surface area contributed by atoms with Crippen LogP contribution in [0.2, 0.25) is 0 Å². The number of aromatic nitrogens is 1. The molecule has 0 saturated carbocycles. The van der Waals surface area contributed by atoms with Gasteiger partial charge in [0.15, 0.2) is 6.20 Å². The van der Waals surface area contributed by atoms with Crippen molar-refractivity contribution in [1.82, 2.24) is 0 Å². The third kappa shape index (κ3) is 2.20. The van der Waals surface area contributed by atoms with Gasteiger partial charge in [0.05, 0.1) is 5.56 Å². The Labute approximate surface area is 136 Å². The molecule has 4 rings (SSSR count). The topological polar surface area (TPSA) is 3.88 Å². The predicted molar refractivity (Wildman–Crippen MR) is 97.5 cm³/mol. The van der Waals surface area contributed by atoms with Crippen LogP contribution in [0.3, 0.4) is 0 Å². The molecule has 0 N–H and O–H groups in total. The molecule has 0 aliphatic rings. The molecule has 1 nitrogen and oxygen atoms in total. The summed E-state index contributed by atoms with van der Waals surface area (Å²) in [6, 6.07) is 22.0. The van der Waals surface area contributed by atoms with Gasteiger partial charge in [0.1, 0.15) is 7.05 Å². The van der Waals surface area contributed by atoms with Crippen molar-refractivity contribution in [3.8, 4) is 11.3 Å². The maximum absolute atomic E-state index is 2.24. The van der Waals surface area contributed by atoms with E-state index in [9.17, 15) is 0 Å². The van der Waals surface area contributed by atoms with Crippen LogP contribution in [0.25, 0.3) is 32.8 Å². The van der Waals surface area contributed by atoms with Crippen LogP contribution in [-0.2, 0) is 7.05 Å². The number of hydrogen-bond donors (Lipinski definition) is 0. The molecule has 112 valence electrons. The average molecular weight is 298 g/mol. The molecule has 4 aromatic rings. The standard InChI is InChI=1S/C22H20N/c1-15-8-13-20(23(3)14-15)21-16(2)9-10-18-12-11-17-6-4-5-7-19(17)22(18)21/h4-14H,1-3H3/q+1. The SMILES string of the molecule is Cc1ccc(-c2c(C)ccc3ccc4ccccc4c23)[n+](C)c1. The summed E-state index contributed by atoms with van der Waals surface area (Å²) in [6.07, 6.45) is 2.19. The lowest BCUT2D eigenvalue weighted by Crippen LogP contribution is -2.31. The van der Waals surface area contributed by atoms with Crippen LogP contribution in [0.1, 0.15) is 11.1 Å². The fraction of sp³-hybridized carbons (Fsp3) is 0.136. The fourth-order valence-corrected chi connectivity index (χ4v) is 3.54. The second-order valence-corrected chi connectivity index (χ2v) is 6.34. The summed E-state index contributed by atoms with van der Waals surface area (Å²) in [4.78, 5) is 0. The van der Waals surface area contributed by atoms with Crippen LogP contribution < -0.4 is 4.57 Å². The van der Waals surface area contributed by atoms with E-state index in [1.165, 1.54) is 43.9 Å². The zero-order valence-corrected chi connectivity index (χ0v) is 13.8. The Morgan fingerprint density at radius 2 is 1.48 bits per heavy atom. The van der Waals surface area contributed by atoms with Crippen molar-refractivity contribution in [3.05, 3.63) is 78.0 Å². The van der Waals surface area contributed by atoms with E-state index < -0.39 is 0 Å². The highest BCUT2D eigenvalue weighted by atomic mass is 14.9. The van der Waals surface area contributed by atoms with Gasteiger partial charge in [-0.2, -0.15) is 0 Å². The summed E-state index contributed by atoms with van der Waals surface area (Å²) in [5, 5.41) is 5.26. The number of hydrogen-bond acceptors (Lipinski definition) is 0. The summed E-state index contributed by atoms with van der Waals surface area (Å²) in [5.41, 5.74) is 5.18. The smallest absolute Gasteiger partial charge is 0.201 e. The number of rotatable bonds is 1. The number of aryl methyl sites for hydroxylation is 3. The van der Waals surface area contributed by atoms with Gasteiger partial charge >= 0.3 is 0 Å². The minimum absolute atomic E-state index is 1.26. The second-order valence-electron chi connectivity index (χ2n) is 6.34. The summed E-state index contributed by atoms with van der Waals surface area (Å²) >= 11 is 0. The van der Waals surface area contributed by atoms with E-state index in [1.54, 1.807) is 0 Å². The van der Waals surface area contributed by atoms with Gasteiger partial charge in [0.25, 0.3) is 0 Å². The monoisotopic (exact) mass is 298 g/mol. The van der Waals surface area contributed by atoms with Gasteiger partial charge in [-0.05, 0) is 41.6 Å². The van der Waals surface area contributed by atoms with Crippen molar-refractivity contribution in [1.29, 1.82) is 0 Å². The maximum atomic E-state index is 2.24. The van der Waals surface area contributed by atoms with Crippen molar-refractivity contribution in [2.75, 3.05) is 0 Å². The molecular weight excluding hydrogens is 278 g/mol. The molecule has 0 radical (unpaired) electrons. The van der Waals surface area contributed by atoms with E-state index in [-0.39, 0.29) is 0 Å².